The predicted molar refractivity (Wildman–Crippen MR) is 54.4 cm³/mol. The molecule has 0 bridgehead atoms. The highest BCUT2D eigenvalue weighted by Gasteiger charge is 2.29. The molecule has 0 spiro atoms. The lowest BCUT2D eigenvalue weighted by Gasteiger charge is -2.18. The minimum absolute atomic E-state index is 0.0969. The van der Waals surface area contributed by atoms with Crippen LogP contribution in [-0.4, -0.2) is 22.2 Å². The van der Waals surface area contributed by atoms with Crippen molar-refractivity contribution in [2.45, 2.75) is 0 Å². The van der Waals surface area contributed by atoms with Crippen molar-refractivity contribution in [3.8, 4) is 0 Å². The van der Waals surface area contributed by atoms with E-state index >= 15 is 0 Å². The van der Waals surface area contributed by atoms with E-state index in [0.717, 1.165) is 13.5 Å². The van der Waals surface area contributed by atoms with Crippen molar-refractivity contribution in [1.29, 1.82) is 0 Å². The second-order valence-corrected chi connectivity index (χ2v) is 4.02. The number of hydrogen-bond donors (Lipinski definition) is 1. The van der Waals surface area contributed by atoms with Crippen LogP contribution in [0.5, 0.6) is 0 Å². The van der Waals surface area contributed by atoms with Crippen LogP contribution >= 0.6 is 8.20 Å². The molecule has 4 heteroatoms. The van der Waals surface area contributed by atoms with Crippen LogP contribution in [0.3, 0.4) is 0 Å². The molecule has 0 aromatic heterocycles. The molecule has 0 fully saturated rings. The van der Waals surface area contributed by atoms with Gasteiger partial charge in [-0.3, -0.25) is 4.79 Å². The molecular weight excluding hydrogens is 199 g/mol. The number of allylic oxidation sites excluding steroid dienone is 4. The van der Waals surface area contributed by atoms with Gasteiger partial charge in [0.05, 0.1) is 5.92 Å². The first-order valence-corrected chi connectivity index (χ1v) is 5.07. The van der Waals surface area contributed by atoms with E-state index < -0.39 is 5.97 Å². The van der Waals surface area contributed by atoms with E-state index in [4.69, 9.17) is 5.11 Å². The molecule has 0 saturated carbocycles. The standard InChI is InChI=1S/C10H7O3P/c11-9-6-3-1-2-4-8(6)14-5-7(9)10(12)13/h1-6H,(H,12,13). The molecule has 1 aliphatic heterocycles. The van der Waals surface area contributed by atoms with Crippen LogP contribution in [0, 0.1) is 5.92 Å². The Morgan fingerprint density at radius 2 is 2.21 bits per heavy atom. The Balaban J connectivity index is 2.44. The van der Waals surface area contributed by atoms with Crippen LogP contribution in [0.15, 0.2) is 35.7 Å². The van der Waals surface area contributed by atoms with Gasteiger partial charge in [0, 0.05) is 0 Å². The van der Waals surface area contributed by atoms with E-state index in [1.165, 1.54) is 5.82 Å². The minimum atomic E-state index is -1.13. The third-order valence-electron chi connectivity index (χ3n) is 2.12. The third-order valence-corrected chi connectivity index (χ3v) is 3.23. The molecule has 0 aromatic rings. The Bertz CT molecular complexity index is 427. The fourth-order valence-electron chi connectivity index (χ4n) is 1.41. The van der Waals surface area contributed by atoms with Gasteiger partial charge in [0.1, 0.15) is 5.57 Å². The molecule has 1 atom stereocenters. The first-order chi connectivity index (χ1) is 6.70. The van der Waals surface area contributed by atoms with Crippen molar-refractivity contribution in [1.82, 2.24) is 0 Å². The van der Waals surface area contributed by atoms with Gasteiger partial charge in [0.25, 0.3) is 0 Å². The van der Waals surface area contributed by atoms with Crippen molar-refractivity contribution in [3.63, 3.8) is 0 Å². The Hall–Kier alpha value is -1.47. The van der Waals surface area contributed by atoms with Crippen molar-refractivity contribution in [3.05, 3.63) is 35.7 Å². The Labute approximate surface area is 82.2 Å². The number of hydrogen-bond acceptors (Lipinski definition) is 2. The number of aliphatic carboxylic acids is 1. The molecule has 70 valence electrons. The summed E-state index contributed by atoms with van der Waals surface area (Å²) < 4.78 is 0. The fourth-order valence-corrected chi connectivity index (χ4v) is 2.46. The Morgan fingerprint density at radius 1 is 1.43 bits per heavy atom. The van der Waals surface area contributed by atoms with Crippen molar-refractivity contribution < 1.29 is 14.7 Å². The molecule has 0 saturated heterocycles. The van der Waals surface area contributed by atoms with E-state index in [-0.39, 0.29) is 17.3 Å². The number of Topliss-reactive ketones (excluding diaryl/α,β-unsaturated/α-hetero) is 1. The normalized spacial score (nSPS) is 25.1. The van der Waals surface area contributed by atoms with E-state index in [1.54, 1.807) is 12.2 Å². The van der Waals surface area contributed by atoms with Gasteiger partial charge >= 0.3 is 5.97 Å². The highest BCUT2D eigenvalue weighted by molar-refractivity contribution is 7.45. The topological polar surface area (TPSA) is 54.4 Å². The predicted octanol–water partition coefficient (Wildman–Crippen LogP) is 1.40. The number of carboxylic acids is 1. The number of carbonyl (C=O) groups excluding carboxylic acids is 1. The maximum absolute atomic E-state index is 11.6. The number of carbonyl (C=O) groups is 2. The summed E-state index contributed by atoms with van der Waals surface area (Å²) >= 11 is 0. The van der Waals surface area contributed by atoms with E-state index in [9.17, 15) is 9.59 Å². The molecule has 3 nitrogen and oxygen atoms in total. The highest BCUT2D eigenvalue weighted by Crippen LogP contribution is 2.27. The molecule has 0 radical (unpaired) electrons. The molecule has 1 unspecified atom stereocenters. The third kappa shape index (κ3) is 1.36. The number of ketones is 1. The summed E-state index contributed by atoms with van der Waals surface area (Å²) in [6.07, 6.45) is 7.22. The minimum Gasteiger partial charge on any atom is -0.478 e. The van der Waals surface area contributed by atoms with Gasteiger partial charge in [-0.15, -0.1) is 0 Å². The second kappa shape index (κ2) is 3.35. The highest BCUT2D eigenvalue weighted by atomic mass is 31.1. The lowest BCUT2D eigenvalue weighted by Crippen LogP contribution is -2.27. The fraction of sp³-hybridized carbons (Fsp3) is 0.100. The average molecular weight is 206 g/mol. The largest absolute Gasteiger partial charge is 0.478 e. The van der Waals surface area contributed by atoms with Crippen molar-refractivity contribution in [2.75, 3.05) is 0 Å². The zero-order valence-corrected chi connectivity index (χ0v) is 8.07. The summed E-state index contributed by atoms with van der Waals surface area (Å²) in [5, 5.41) is 9.70. The summed E-state index contributed by atoms with van der Waals surface area (Å²) in [4.78, 5) is 22.3. The van der Waals surface area contributed by atoms with Crippen LogP contribution in [0.1, 0.15) is 0 Å². The summed E-state index contributed by atoms with van der Waals surface area (Å²) in [7, 11) is 0.804. The Kier molecular flexibility index (Phi) is 2.18. The first-order valence-electron chi connectivity index (χ1n) is 4.10. The SMILES string of the molecule is O=C(O)C1=CP=C2C=CC=CC2C1=O. The zero-order valence-electron chi connectivity index (χ0n) is 7.18. The summed E-state index contributed by atoms with van der Waals surface area (Å²) in [6.45, 7) is 0. The molecule has 2 aliphatic rings. The zero-order chi connectivity index (χ0) is 10.1. The molecule has 0 aromatic carbocycles. The first kappa shape index (κ1) is 9.10. The number of carboxylic acid groups (broad SMARTS) is 1. The van der Waals surface area contributed by atoms with Gasteiger partial charge < -0.3 is 5.11 Å². The Morgan fingerprint density at radius 3 is 2.93 bits per heavy atom. The van der Waals surface area contributed by atoms with E-state index in [0.29, 0.717) is 0 Å². The lowest BCUT2D eigenvalue weighted by atomic mass is 9.92. The van der Waals surface area contributed by atoms with Crippen LogP contribution < -0.4 is 0 Å². The molecule has 1 aliphatic carbocycles. The summed E-state index contributed by atoms with van der Waals surface area (Å²) in [6, 6.07) is 0. The smallest absolute Gasteiger partial charge is 0.339 e. The molecule has 14 heavy (non-hydrogen) atoms. The molecule has 1 heterocycles. The van der Waals surface area contributed by atoms with Gasteiger partial charge in [0.2, 0.25) is 0 Å². The van der Waals surface area contributed by atoms with Crippen LogP contribution in [0.25, 0.3) is 0 Å². The van der Waals surface area contributed by atoms with Gasteiger partial charge in [-0.2, -0.15) is 0 Å². The van der Waals surface area contributed by atoms with E-state index in [2.05, 4.69) is 0 Å². The average Bonchev–Trinajstić information content (AvgIpc) is 2.18. The molecular formula is C10H7O3P. The van der Waals surface area contributed by atoms with Crippen LogP contribution in [0.2, 0.25) is 0 Å². The van der Waals surface area contributed by atoms with Gasteiger partial charge in [-0.1, -0.05) is 32.5 Å². The molecule has 2 rings (SSSR count). The van der Waals surface area contributed by atoms with Crippen LogP contribution in [-0.2, 0) is 9.59 Å². The quantitative estimate of drug-likeness (QED) is 0.521. The molecule has 1 N–H and O–H groups in total. The monoisotopic (exact) mass is 206 g/mol. The maximum Gasteiger partial charge on any atom is 0.339 e. The van der Waals surface area contributed by atoms with Crippen molar-refractivity contribution >= 4 is 25.3 Å². The van der Waals surface area contributed by atoms with Gasteiger partial charge in [-0.25, -0.2) is 4.79 Å². The lowest BCUT2D eigenvalue weighted by molar-refractivity contribution is -0.134. The van der Waals surface area contributed by atoms with Gasteiger partial charge in [0.15, 0.2) is 5.78 Å². The summed E-state index contributed by atoms with van der Waals surface area (Å²) in [5.41, 5.74) is -0.0969. The summed E-state index contributed by atoms with van der Waals surface area (Å²) in [5.74, 6) is -0.353. The number of fused-ring (bicyclic) bond motifs is 1. The molecule has 0 amide bonds. The second-order valence-electron chi connectivity index (χ2n) is 2.99. The maximum atomic E-state index is 11.6. The van der Waals surface area contributed by atoms with Crippen LogP contribution in [0.4, 0.5) is 0 Å². The van der Waals surface area contributed by atoms with Gasteiger partial charge in [-0.05, 0) is 11.1 Å². The van der Waals surface area contributed by atoms with Crippen molar-refractivity contribution in [2.24, 2.45) is 5.92 Å². The number of rotatable bonds is 1. The van der Waals surface area contributed by atoms with E-state index in [1.807, 2.05) is 12.2 Å².